The third kappa shape index (κ3) is 4.58. The highest BCUT2D eigenvalue weighted by Gasteiger charge is 2.23. The molecule has 2 saturated heterocycles. The fourth-order valence-corrected chi connectivity index (χ4v) is 4.08. The number of nitrogens with zero attached hydrogens (tertiary/aromatic N) is 3. The van der Waals surface area contributed by atoms with E-state index in [-0.39, 0.29) is 6.03 Å². The molecule has 2 amide bonds. The predicted octanol–water partition coefficient (Wildman–Crippen LogP) is 4.04. The lowest BCUT2D eigenvalue weighted by atomic mass is 10.2. The van der Waals surface area contributed by atoms with E-state index < -0.39 is 0 Å². The number of hydrogen-bond acceptors (Lipinski definition) is 4. The van der Waals surface area contributed by atoms with Crippen molar-refractivity contribution < 1.29 is 9.53 Å². The minimum Gasteiger partial charge on any atom is -0.492 e. The summed E-state index contributed by atoms with van der Waals surface area (Å²) in [6.45, 7) is 7.88. The maximum atomic E-state index is 12.7. The van der Waals surface area contributed by atoms with E-state index in [2.05, 4.69) is 33.3 Å². The first-order valence-electron chi connectivity index (χ1n) is 10.6. The highest BCUT2D eigenvalue weighted by molar-refractivity contribution is 5.89. The third-order valence-corrected chi connectivity index (χ3v) is 5.66. The molecule has 0 spiro atoms. The largest absolute Gasteiger partial charge is 0.492 e. The van der Waals surface area contributed by atoms with E-state index in [4.69, 9.17) is 4.74 Å². The highest BCUT2D eigenvalue weighted by Crippen LogP contribution is 2.29. The molecule has 6 nitrogen and oxygen atoms in total. The molecule has 0 aromatic heterocycles. The normalized spacial score (nSPS) is 16.8. The van der Waals surface area contributed by atoms with Crippen LogP contribution in [0.5, 0.6) is 5.75 Å². The van der Waals surface area contributed by atoms with Gasteiger partial charge in [-0.25, -0.2) is 4.79 Å². The summed E-state index contributed by atoms with van der Waals surface area (Å²) in [5.41, 5.74) is 3.19. The second-order valence-electron chi connectivity index (χ2n) is 7.55. The fourth-order valence-electron chi connectivity index (χ4n) is 4.08. The number of ether oxygens (including phenoxy) is 1. The fraction of sp³-hybridized carbons (Fsp3) is 0.435. The van der Waals surface area contributed by atoms with Crippen LogP contribution in [0.4, 0.5) is 21.9 Å². The number of carbonyl (C=O) groups excluding carboxylic acids is 1. The van der Waals surface area contributed by atoms with Crippen molar-refractivity contribution in [2.75, 3.05) is 61.0 Å². The van der Waals surface area contributed by atoms with Crippen LogP contribution < -0.4 is 19.9 Å². The number of benzene rings is 2. The van der Waals surface area contributed by atoms with Crippen molar-refractivity contribution in [3.05, 3.63) is 48.5 Å². The molecule has 2 aliphatic heterocycles. The molecule has 2 aliphatic rings. The van der Waals surface area contributed by atoms with Gasteiger partial charge in [0.2, 0.25) is 0 Å². The average molecular weight is 395 g/mol. The van der Waals surface area contributed by atoms with Crippen molar-refractivity contribution in [3.8, 4) is 5.75 Å². The van der Waals surface area contributed by atoms with Crippen molar-refractivity contribution >= 4 is 23.1 Å². The lowest BCUT2D eigenvalue weighted by Gasteiger charge is -2.36. The van der Waals surface area contributed by atoms with Crippen LogP contribution in [0.2, 0.25) is 0 Å². The quantitative estimate of drug-likeness (QED) is 0.832. The van der Waals surface area contributed by atoms with E-state index in [1.165, 1.54) is 18.5 Å². The van der Waals surface area contributed by atoms with E-state index >= 15 is 0 Å². The number of amides is 2. The zero-order valence-electron chi connectivity index (χ0n) is 17.1. The average Bonchev–Trinajstić information content (AvgIpc) is 3.30. The smallest absolute Gasteiger partial charge is 0.321 e. The van der Waals surface area contributed by atoms with E-state index in [1.807, 2.05) is 42.2 Å². The number of urea groups is 1. The summed E-state index contributed by atoms with van der Waals surface area (Å²) in [5.74, 6) is 0.908. The van der Waals surface area contributed by atoms with Crippen LogP contribution in [-0.4, -0.2) is 56.8 Å². The summed E-state index contributed by atoms with van der Waals surface area (Å²) in [6.07, 6.45) is 2.53. The van der Waals surface area contributed by atoms with Crippen LogP contribution in [0.25, 0.3) is 0 Å². The van der Waals surface area contributed by atoms with Gasteiger partial charge in [0.1, 0.15) is 5.75 Å². The van der Waals surface area contributed by atoms with Gasteiger partial charge in [0.25, 0.3) is 0 Å². The number of para-hydroxylation sites is 2. The molecule has 0 unspecified atom stereocenters. The summed E-state index contributed by atoms with van der Waals surface area (Å²) in [5, 5.41) is 3.04. The number of piperazine rings is 1. The predicted molar refractivity (Wildman–Crippen MR) is 118 cm³/mol. The maximum absolute atomic E-state index is 12.7. The molecule has 0 aliphatic carbocycles. The molecule has 2 aromatic rings. The molecule has 2 fully saturated rings. The summed E-state index contributed by atoms with van der Waals surface area (Å²) >= 11 is 0. The second kappa shape index (κ2) is 9.07. The molecule has 2 aromatic carbocycles. The van der Waals surface area contributed by atoms with Gasteiger partial charge in [-0.2, -0.15) is 0 Å². The molecule has 0 saturated carbocycles. The molecule has 6 heteroatoms. The Hall–Kier alpha value is -2.89. The number of nitrogens with one attached hydrogen (secondary N) is 1. The number of carbonyl (C=O) groups is 1. The van der Waals surface area contributed by atoms with Crippen molar-refractivity contribution in [1.82, 2.24) is 4.90 Å². The monoisotopic (exact) mass is 394 g/mol. The van der Waals surface area contributed by atoms with Crippen molar-refractivity contribution in [2.24, 2.45) is 0 Å². The van der Waals surface area contributed by atoms with Gasteiger partial charge in [0.15, 0.2) is 0 Å². The third-order valence-electron chi connectivity index (χ3n) is 5.66. The first-order valence-corrected chi connectivity index (χ1v) is 10.6. The van der Waals surface area contributed by atoms with Gasteiger partial charge < -0.3 is 24.8 Å². The van der Waals surface area contributed by atoms with Crippen LogP contribution in [0, 0.1) is 0 Å². The first-order chi connectivity index (χ1) is 14.2. The van der Waals surface area contributed by atoms with Gasteiger partial charge in [-0.1, -0.05) is 12.1 Å². The SMILES string of the molecule is CCOc1ccccc1N1CCN(C(=O)Nc2ccc(N3CCCC3)cc2)CC1. The molecule has 0 radical (unpaired) electrons. The van der Waals surface area contributed by atoms with Crippen LogP contribution >= 0.6 is 0 Å². The van der Waals surface area contributed by atoms with Crippen LogP contribution in [0.3, 0.4) is 0 Å². The van der Waals surface area contributed by atoms with Gasteiger partial charge in [0, 0.05) is 50.6 Å². The Morgan fingerprint density at radius 2 is 1.59 bits per heavy atom. The zero-order chi connectivity index (χ0) is 20.1. The van der Waals surface area contributed by atoms with Crippen molar-refractivity contribution in [3.63, 3.8) is 0 Å². The topological polar surface area (TPSA) is 48.1 Å². The Morgan fingerprint density at radius 1 is 0.897 bits per heavy atom. The summed E-state index contributed by atoms with van der Waals surface area (Å²) in [7, 11) is 0. The van der Waals surface area contributed by atoms with Gasteiger partial charge in [-0.15, -0.1) is 0 Å². The minimum atomic E-state index is -0.0309. The lowest BCUT2D eigenvalue weighted by Crippen LogP contribution is -2.50. The van der Waals surface area contributed by atoms with Crippen LogP contribution in [0.15, 0.2) is 48.5 Å². The molecule has 1 N–H and O–H groups in total. The molecule has 29 heavy (non-hydrogen) atoms. The van der Waals surface area contributed by atoms with E-state index in [0.29, 0.717) is 19.7 Å². The van der Waals surface area contributed by atoms with Gasteiger partial charge in [0.05, 0.1) is 12.3 Å². The lowest BCUT2D eigenvalue weighted by molar-refractivity contribution is 0.208. The van der Waals surface area contributed by atoms with E-state index in [1.54, 1.807) is 0 Å². The minimum absolute atomic E-state index is 0.0309. The molecule has 2 heterocycles. The standard InChI is InChI=1S/C23H30N4O2/c1-2-29-22-8-4-3-7-21(22)26-15-17-27(18-16-26)23(28)24-19-9-11-20(12-10-19)25-13-5-6-14-25/h3-4,7-12H,2,5-6,13-18H2,1H3,(H,24,28). The Balaban J connectivity index is 1.31. The van der Waals surface area contributed by atoms with E-state index in [0.717, 1.165) is 43.3 Å². The molecule has 0 atom stereocenters. The van der Waals surface area contributed by atoms with E-state index in [9.17, 15) is 4.79 Å². The van der Waals surface area contributed by atoms with Gasteiger partial charge >= 0.3 is 6.03 Å². The summed E-state index contributed by atoms with van der Waals surface area (Å²) in [6, 6.07) is 16.3. The van der Waals surface area contributed by atoms with Crippen molar-refractivity contribution in [1.29, 1.82) is 0 Å². The Bertz CT molecular complexity index is 810. The van der Waals surface area contributed by atoms with Gasteiger partial charge in [-0.3, -0.25) is 0 Å². The Kier molecular flexibility index (Phi) is 6.08. The molecule has 4 rings (SSSR count). The number of hydrogen-bond donors (Lipinski definition) is 1. The zero-order valence-corrected chi connectivity index (χ0v) is 17.1. The van der Waals surface area contributed by atoms with Gasteiger partial charge in [-0.05, 0) is 56.2 Å². The van der Waals surface area contributed by atoms with Crippen LogP contribution in [-0.2, 0) is 0 Å². The first kappa shape index (κ1) is 19.4. The Morgan fingerprint density at radius 3 is 2.28 bits per heavy atom. The van der Waals surface area contributed by atoms with Crippen molar-refractivity contribution in [2.45, 2.75) is 19.8 Å². The molecule has 154 valence electrons. The number of anilines is 3. The molecular formula is C23H30N4O2. The Labute approximate surface area is 173 Å². The summed E-state index contributed by atoms with van der Waals surface area (Å²) in [4.78, 5) is 19.3. The summed E-state index contributed by atoms with van der Waals surface area (Å²) < 4.78 is 5.75. The molecular weight excluding hydrogens is 364 g/mol. The highest BCUT2D eigenvalue weighted by atomic mass is 16.5. The molecule has 0 bridgehead atoms. The second-order valence-corrected chi connectivity index (χ2v) is 7.55. The number of rotatable bonds is 5. The maximum Gasteiger partial charge on any atom is 0.321 e. The van der Waals surface area contributed by atoms with Crippen LogP contribution in [0.1, 0.15) is 19.8 Å².